The Morgan fingerprint density at radius 1 is 1.03 bits per heavy atom. The molecule has 0 radical (unpaired) electrons. The van der Waals surface area contributed by atoms with Crippen LogP contribution in [0.2, 0.25) is 0 Å². The largest absolute Gasteiger partial charge is 0.339 e. The molecule has 34 heavy (non-hydrogen) atoms. The van der Waals surface area contributed by atoms with E-state index in [4.69, 9.17) is 0 Å². The number of hydrogen-bond acceptors (Lipinski definition) is 4. The number of carbonyl (C=O) groups excluding carboxylic acids is 2. The SMILES string of the molecule is O=C(c1ccc(-c2cncs2)cc1)N1CCC2(CCCN(Cc3cccc(F)c3F)C2=O)CC1. The molecule has 0 saturated carbocycles. The Hall–Kier alpha value is -3.13. The standard InChI is InChI=1S/C26H25F2N3O2S/c27-21-4-1-3-20(23(21)28)16-31-12-2-9-26(25(31)33)10-13-30(14-11-26)24(32)19-7-5-18(6-8-19)22-15-29-17-34-22/h1,3-8,15,17H,2,9-14,16H2. The second-order valence-corrected chi connectivity index (χ2v) is 9.95. The normalized spacial score (nSPS) is 17.9. The number of thiazole rings is 1. The first-order chi connectivity index (χ1) is 16.5. The van der Waals surface area contributed by atoms with E-state index in [2.05, 4.69) is 4.98 Å². The van der Waals surface area contributed by atoms with Gasteiger partial charge in [-0.1, -0.05) is 24.3 Å². The minimum absolute atomic E-state index is 0.0107. The molecule has 8 heteroatoms. The van der Waals surface area contributed by atoms with Crippen molar-refractivity contribution >= 4 is 23.2 Å². The van der Waals surface area contributed by atoms with E-state index in [0.717, 1.165) is 29.3 Å². The number of piperidine rings is 2. The maximum absolute atomic E-state index is 14.2. The van der Waals surface area contributed by atoms with Gasteiger partial charge in [-0.05, 0) is 49.4 Å². The van der Waals surface area contributed by atoms with E-state index < -0.39 is 17.0 Å². The molecule has 2 aliphatic heterocycles. The van der Waals surface area contributed by atoms with Gasteiger partial charge in [-0.15, -0.1) is 11.3 Å². The lowest BCUT2D eigenvalue weighted by Crippen LogP contribution is -2.54. The summed E-state index contributed by atoms with van der Waals surface area (Å²) < 4.78 is 27.8. The van der Waals surface area contributed by atoms with E-state index in [1.807, 2.05) is 29.2 Å². The Bertz CT molecular complexity index is 1190. The van der Waals surface area contributed by atoms with Gasteiger partial charge in [0.1, 0.15) is 0 Å². The van der Waals surface area contributed by atoms with Gasteiger partial charge in [-0.2, -0.15) is 0 Å². The number of hydrogen-bond donors (Lipinski definition) is 0. The van der Waals surface area contributed by atoms with E-state index in [0.29, 0.717) is 38.0 Å². The van der Waals surface area contributed by atoms with Crippen LogP contribution in [0.15, 0.2) is 54.2 Å². The maximum atomic E-state index is 14.2. The quantitative estimate of drug-likeness (QED) is 0.519. The van der Waals surface area contributed by atoms with Crippen LogP contribution in [0.3, 0.4) is 0 Å². The molecule has 176 valence electrons. The number of halogens is 2. The predicted molar refractivity (Wildman–Crippen MR) is 126 cm³/mol. The third-order valence-corrected chi connectivity index (χ3v) is 7.90. The summed E-state index contributed by atoms with van der Waals surface area (Å²) in [6.45, 7) is 1.61. The van der Waals surface area contributed by atoms with Gasteiger partial charge in [0.25, 0.3) is 5.91 Å². The molecule has 0 bridgehead atoms. The third kappa shape index (κ3) is 4.22. The highest BCUT2D eigenvalue weighted by Crippen LogP contribution is 2.41. The molecule has 2 fully saturated rings. The van der Waals surface area contributed by atoms with Crippen LogP contribution in [-0.4, -0.2) is 46.2 Å². The minimum atomic E-state index is -0.899. The topological polar surface area (TPSA) is 53.5 Å². The zero-order valence-electron chi connectivity index (χ0n) is 18.7. The number of carbonyl (C=O) groups is 2. The zero-order valence-corrected chi connectivity index (χ0v) is 19.5. The Labute approximate surface area is 201 Å². The number of aromatic nitrogens is 1. The lowest BCUT2D eigenvalue weighted by Gasteiger charge is -2.46. The number of likely N-dealkylation sites (tertiary alicyclic amines) is 2. The molecule has 2 saturated heterocycles. The van der Waals surface area contributed by atoms with Crippen molar-refractivity contribution in [3.63, 3.8) is 0 Å². The molecular weight excluding hydrogens is 456 g/mol. The Morgan fingerprint density at radius 2 is 1.79 bits per heavy atom. The molecule has 3 heterocycles. The maximum Gasteiger partial charge on any atom is 0.253 e. The van der Waals surface area contributed by atoms with E-state index in [-0.39, 0.29) is 23.9 Å². The number of benzene rings is 2. The van der Waals surface area contributed by atoms with Crippen molar-refractivity contribution in [3.05, 3.63) is 76.9 Å². The highest BCUT2D eigenvalue weighted by Gasteiger charge is 2.46. The van der Waals surface area contributed by atoms with Crippen LogP contribution < -0.4 is 0 Å². The average molecular weight is 482 g/mol. The Balaban J connectivity index is 1.24. The van der Waals surface area contributed by atoms with Gasteiger partial charge in [-0.3, -0.25) is 14.6 Å². The van der Waals surface area contributed by atoms with E-state index in [9.17, 15) is 18.4 Å². The van der Waals surface area contributed by atoms with Crippen LogP contribution in [0.4, 0.5) is 8.78 Å². The van der Waals surface area contributed by atoms with Gasteiger partial charge in [0.05, 0.1) is 15.8 Å². The van der Waals surface area contributed by atoms with Crippen molar-refractivity contribution in [2.24, 2.45) is 5.41 Å². The first kappa shape index (κ1) is 22.7. The fourth-order valence-electron chi connectivity index (χ4n) is 5.10. The third-order valence-electron chi connectivity index (χ3n) is 7.07. The summed E-state index contributed by atoms with van der Waals surface area (Å²) in [6, 6.07) is 11.6. The Kier molecular flexibility index (Phi) is 6.16. The van der Waals surface area contributed by atoms with Crippen molar-refractivity contribution in [1.82, 2.24) is 14.8 Å². The highest BCUT2D eigenvalue weighted by molar-refractivity contribution is 7.13. The molecule has 5 nitrogen and oxygen atoms in total. The van der Waals surface area contributed by atoms with Crippen molar-refractivity contribution in [2.75, 3.05) is 19.6 Å². The monoisotopic (exact) mass is 481 g/mol. The van der Waals surface area contributed by atoms with Crippen LogP contribution in [0.5, 0.6) is 0 Å². The first-order valence-corrected chi connectivity index (χ1v) is 12.4. The molecule has 0 N–H and O–H groups in total. The molecule has 3 aromatic rings. The molecule has 0 atom stereocenters. The minimum Gasteiger partial charge on any atom is -0.339 e. The number of rotatable bonds is 4. The van der Waals surface area contributed by atoms with Crippen molar-refractivity contribution < 1.29 is 18.4 Å². The summed E-state index contributed by atoms with van der Waals surface area (Å²) in [7, 11) is 0. The lowest BCUT2D eigenvalue weighted by atomic mass is 9.71. The van der Waals surface area contributed by atoms with Crippen LogP contribution in [0.25, 0.3) is 10.4 Å². The van der Waals surface area contributed by atoms with Crippen molar-refractivity contribution in [1.29, 1.82) is 0 Å². The molecule has 1 spiro atoms. The summed E-state index contributed by atoms with van der Waals surface area (Å²) in [5.41, 5.74) is 3.09. The van der Waals surface area contributed by atoms with Crippen LogP contribution >= 0.6 is 11.3 Å². The van der Waals surface area contributed by atoms with Crippen LogP contribution in [0, 0.1) is 17.0 Å². The Morgan fingerprint density at radius 3 is 2.50 bits per heavy atom. The molecule has 2 aromatic carbocycles. The van der Waals surface area contributed by atoms with Gasteiger partial charge >= 0.3 is 0 Å². The van der Waals surface area contributed by atoms with Gasteiger partial charge in [0.2, 0.25) is 5.91 Å². The molecule has 5 rings (SSSR count). The predicted octanol–water partition coefficient (Wildman–Crippen LogP) is 5.13. The summed E-state index contributed by atoms with van der Waals surface area (Å²) in [4.78, 5) is 35.1. The van der Waals surface area contributed by atoms with Gasteiger partial charge < -0.3 is 9.80 Å². The summed E-state index contributed by atoms with van der Waals surface area (Å²) in [5, 5.41) is 0. The van der Waals surface area contributed by atoms with E-state index >= 15 is 0 Å². The molecule has 1 aromatic heterocycles. The van der Waals surface area contributed by atoms with E-state index in [1.165, 1.54) is 12.1 Å². The van der Waals surface area contributed by atoms with Crippen molar-refractivity contribution in [3.8, 4) is 10.4 Å². The average Bonchev–Trinajstić information content (AvgIpc) is 3.40. The van der Waals surface area contributed by atoms with Crippen LogP contribution in [0.1, 0.15) is 41.6 Å². The fourth-order valence-corrected chi connectivity index (χ4v) is 5.73. The lowest BCUT2D eigenvalue weighted by molar-refractivity contribution is -0.150. The molecule has 2 amide bonds. The fraction of sp³-hybridized carbons (Fsp3) is 0.346. The second kappa shape index (κ2) is 9.25. The van der Waals surface area contributed by atoms with Crippen molar-refractivity contribution in [2.45, 2.75) is 32.2 Å². The van der Waals surface area contributed by atoms with Crippen LogP contribution in [-0.2, 0) is 11.3 Å². The molecule has 0 aliphatic carbocycles. The smallest absolute Gasteiger partial charge is 0.253 e. The van der Waals surface area contributed by atoms with Gasteiger partial charge in [-0.25, -0.2) is 8.78 Å². The molecule has 2 aliphatic rings. The summed E-state index contributed by atoms with van der Waals surface area (Å²) in [6.07, 6.45) is 4.55. The van der Waals surface area contributed by atoms with Gasteiger partial charge in [0, 0.05) is 43.5 Å². The zero-order chi connectivity index (χ0) is 23.7. The van der Waals surface area contributed by atoms with Gasteiger partial charge in [0.15, 0.2) is 11.6 Å². The van der Waals surface area contributed by atoms with E-state index in [1.54, 1.807) is 27.9 Å². The first-order valence-electron chi connectivity index (χ1n) is 11.5. The number of nitrogens with zero attached hydrogens (tertiary/aromatic N) is 3. The second-order valence-electron chi connectivity index (χ2n) is 9.06. The number of amides is 2. The highest BCUT2D eigenvalue weighted by atomic mass is 32.1. The summed E-state index contributed by atoms with van der Waals surface area (Å²) >= 11 is 1.55. The summed E-state index contributed by atoms with van der Waals surface area (Å²) in [5.74, 6) is -1.84. The molecule has 0 unspecified atom stereocenters. The molecular formula is C26H25F2N3O2S.